The zero-order valence-electron chi connectivity index (χ0n) is 23.9. The number of likely N-dealkylation sites (tertiary alicyclic amines) is 1. The first-order valence-corrected chi connectivity index (χ1v) is 16.3. The number of carboxylic acid groups (broad SMARTS) is 1. The second-order valence-electron chi connectivity index (χ2n) is 10.5. The van der Waals surface area contributed by atoms with E-state index in [-0.39, 0.29) is 59.2 Å². The molecule has 2 aliphatic rings. The van der Waals surface area contributed by atoms with Gasteiger partial charge in [-0.25, -0.2) is 18.0 Å². The SMILES string of the molecule is COCCNC(=O)OCCC1CCN(C(=O)CC[C@H](NC(=O)[C@H]2CCCN2S(=O)(=O)c2cc(Cl)cc(Cl)c2)C(=O)O)CC1. The number of benzene rings is 1. The van der Waals surface area contributed by atoms with Crippen molar-refractivity contribution in [1.29, 1.82) is 0 Å². The number of hydrogen-bond donors (Lipinski definition) is 3. The fourth-order valence-electron chi connectivity index (χ4n) is 5.15. The largest absolute Gasteiger partial charge is 0.480 e. The lowest BCUT2D eigenvalue weighted by Gasteiger charge is -2.32. The fraction of sp³-hybridized carbons (Fsp3) is 0.630. The number of sulfonamides is 1. The van der Waals surface area contributed by atoms with Crippen LogP contribution in [-0.4, -0.2) is 105 Å². The van der Waals surface area contributed by atoms with Crippen molar-refractivity contribution in [1.82, 2.24) is 19.8 Å². The van der Waals surface area contributed by atoms with Crippen molar-refractivity contribution < 1.29 is 42.2 Å². The Bertz CT molecular complexity index is 1240. The Balaban J connectivity index is 1.46. The molecule has 240 valence electrons. The average Bonchev–Trinajstić information content (AvgIpc) is 3.46. The van der Waals surface area contributed by atoms with Gasteiger partial charge in [-0.3, -0.25) is 9.59 Å². The molecule has 1 aromatic rings. The van der Waals surface area contributed by atoms with Crippen molar-refractivity contribution in [2.24, 2.45) is 5.92 Å². The molecule has 3 rings (SSSR count). The van der Waals surface area contributed by atoms with Gasteiger partial charge in [0, 0.05) is 49.8 Å². The topological polar surface area (TPSA) is 172 Å². The number of carboxylic acids is 1. The highest BCUT2D eigenvalue weighted by atomic mass is 35.5. The molecule has 0 aliphatic carbocycles. The molecule has 2 fully saturated rings. The minimum Gasteiger partial charge on any atom is -0.480 e. The zero-order chi connectivity index (χ0) is 31.6. The third-order valence-corrected chi connectivity index (χ3v) is 9.83. The van der Waals surface area contributed by atoms with E-state index in [1.807, 2.05) is 0 Å². The van der Waals surface area contributed by atoms with Crippen LogP contribution in [-0.2, 0) is 33.9 Å². The number of nitrogens with one attached hydrogen (secondary N) is 2. The van der Waals surface area contributed by atoms with E-state index < -0.39 is 40.1 Å². The number of rotatable bonds is 14. The van der Waals surface area contributed by atoms with E-state index >= 15 is 0 Å². The monoisotopic (exact) mass is 664 g/mol. The molecule has 2 saturated heterocycles. The molecule has 0 spiro atoms. The van der Waals surface area contributed by atoms with Gasteiger partial charge < -0.3 is 30.1 Å². The molecule has 1 aromatic carbocycles. The van der Waals surface area contributed by atoms with E-state index in [1.54, 1.807) is 4.90 Å². The molecule has 2 aliphatic heterocycles. The van der Waals surface area contributed by atoms with Gasteiger partial charge in [0.05, 0.1) is 18.1 Å². The van der Waals surface area contributed by atoms with E-state index in [0.29, 0.717) is 39.1 Å². The Labute approximate surface area is 261 Å². The van der Waals surface area contributed by atoms with Crippen LogP contribution in [0.1, 0.15) is 44.9 Å². The van der Waals surface area contributed by atoms with Crippen LogP contribution in [0.25, 0.3) is 0 Å². The van der Waals surface area contributed by atoms with Gasteiger partial charge in [0.2, 0.25) is 21.8 Å². The first-order chi connectivity index (χ1) is 20.4. The number of nitrogens with zero attached hydrogens (tertiary/aromatic N) is 2. The lowest BCUT2D eigenvalue weighted by Crippen LogP contribution is -2.51. The first kappa shape index (κ1) is 34.8. The smallest absolute Gasteiger partial charge is 0.407 e. The van der Waals surface area contributed by atoms with Crippen molar-refractivity contribution in [2.45, 2.75) is 61.9 Å². The molecule has 2 heterocycles. The van der Waals surface area contributed by atoms with Crippen LogP contribution >= 0.6 is 23.2 Å². The third-order valence-electron chi connectivity index (χ3n) is 7.51. The maximum atomic E-state index is 13.3. The Kier molecular flexibility index (Phi) is 13.3. The van der Waals surface area contributed by atoms with Crippen LogP contribution in [0.2, 0.25) is 10.0 Å². The van der Waals surface area contributed by atoms with Crippen molar-refractivity contribution in [3.8, 4) is 0 Å². The molecule has 0 radical (unpaired) electrons. The summed E-state index contributed by atoms with van der Waals surface area (Å²) in [7, 11) is -2.59. The Morgan fingerprint density at radius 3 is 2.35 bits per heavy atom. The second kappa shape index (κ2) is 16.4. The van der Waals surface area contributed by atoms with Gasteiger partial charge in [0.15, 0.2) is 0 Å². The molecule has 3 amide bonds. The molecule has 16 heteroatoms. The number of aliphatic carboxylic acids is 1. The normalized spacial score (nSPS) is 18.7. The number of amides is 3. The summed E-state index contributed by atoms with van der Waals surface area (Å²) in [5, 5.41) is 15.0. The highest BCUT2D eigenvalue weighted by Gasteiger charge is 2.41. The third kappa shape index (κ3) is 10.2. The minimum atomic E-state index is -4.13. The Hall–Kier alpha value is -2.65. The van der Waals surface area contributed by atoms with E-state index in [4.69, 9.17) is 32.7 Å². The number of alkyl carbamates (subject to hydrolysis) is 1. The maximum absolute atomic E-state index is 13.3. The van der Waals surface area contributed by atoms with Gasteiger partial charge in [-0.2, -0.15) is 4.31 Å². The number of ether oxygens (including phenoxy) is 2. The lowest BCUT2D eigenvalue weighted by atomic mass is 9.93. The second-order valence-corrected chi connectivity index (χ2v) is 13.2. The van der Waals surface area contributed by atoms with Gasteiger partial charge in [0.25, 0.3) is 0 Å². The highest BCUT2D eigenvalue weighted by molar-refractivity contribution is 7.89. The molecule has 0 bridgehead atoms. The number of carbonyl (C=O) groups excluding carboxylic acids is 3. The highest BCUT2D eigenvalue weighted by Crippen LogP contribution is 2.30. The van der Waals surface area contributed by atoms with E-state index in [0.717, 1.165) is 17.1 Å². The maximum Gasteiger partial charge on any atom is 0.407 e. The summed E-state index contributed by atoms with van der Waals surface area (Å²) in [6.07, 6.45) is 2.00. The van der Waals surface area contributed by atoms with Crippen LogP contribution < -0.4 is 10.6 Å². The summed E-state index contributed by atoms with van der Waals surface area (Å²) < 4.78 is 37.6. The summed E-state index contributed by atoms with van der Waals surface area (Å²) in [6.45, 7) is 2.09. The number of halogens is 2. The number of piperidine rings is 1. The predicted octanol–water partition coefficient (Wildman–Crippen LogP) is 2.50. The summed E-state index contributed by atoms with van der Waals surface area (Å²) >= 11 is 11.9. The summed E-state index contributed by atoms with van der Waals surface area (Å²) in [6, 6.07) is 1.39. The molecule has 43 heavy (non-hydrogen) atoms. The Morgan fingerprint density at radius 2 is 1.72 bits per heavy atom. The van der Waals surface area contributed by atoms with Gasteiger partial charge in [-0.15, -0.1) is 0 Å². The first-order valence-electron chi connectivity index (χ1n) is 14.1. The lowest BCUT2D eigenvalue weighted by molar-refractivity contribution is -0.143. The molecular weight excluding hydrogens is 627 g/mol. The number of hydrogen-bond acceptors (Lipinski definition) is 8. The van der Waals surface area contributed by atoms with Crippen molar-refractivity contribution in [3.63, 3.8) is 0 Å². The van der Waals surface area contributed by atoms with E-state index in [9.17, 15) is 32.7 Å². The summed E-state index contributed by atoms with van der Waals surface area (Å²) in [5.74, 6) is -2.00. The zero-order valence-corrected chi connectivity index (χ0v) is 26.3. The number of methoxy groups -OCH3 is 1. The average molecular weight is 666 g/mol. The summed E-state index contributed by atoms with van der Waals surface area (Å²) in [5.41, 5.74) is 0. The van der Waals surface area contributed by atoms with Crippen LogP contribution in [0.3, 0.4) is 0 Å². The minimum absolute atomic E-state index is 0.0738. The molecule has 0 aromatic heterocycles. The van der Waals surface area contributed by atoms with Crippen LogP contribution in [0.5, 0.6) is 0 Å². The molecule has 0 saturated carbocycles. The quantitative estimate of drug-likeness (QED) is 0.253. The van der Waals surface area contributed by atoms with Gasteiger partial charge in [-0.05, 0) is 62.6 Å². The van der Waals surface area contributed by atoms with E-state index in [2.05, 4.69) is 10.6 Å². The fourth-order valence-corrected chi connectivity index (χ4v) is 7.53. The van der Waals surface area contributed by atoms with E-state index in [1.165, 1.54) is 25.3 Å². The van der Waals surface area contributed by atoms with Crippen molar-refractivity contribution in [3.05, 3.63) is 28.2 Å². The van der Waals surface area contributed by atoms with Crippen LogP contribution in [0.4, 0.5) is 4.79 Å². The molecule has 3 N–H and O–H groups in total. The number of carbonyl (C=O) groups is 4. The predicted molar refractivity (Wildman–Crippen MR) is 157 cm³/mol. The van der Waals surface area contributed by atoms with Gasteiger partial charge in [-0.1, -0.05) is 23.2 Å². The van der Waals surface area contributed by atoms with Crippen molar-refractivity contribution in [2.75, 3.05) is 46.5 Å². The van der Waals surface area contributed by atoms with Crippen molar-refractivity contribution >= 4 is 57.1 Å². The van der Waals surface area contributed by atoms with Crippen LogP contribution in [0, 0.1) is 5.92 Å². The molecule has 13 nitrogen and oxygen atoms in total. The van der Waals surface area contributed by atoms with Crippen LogP contribution in [0.15, 0.2) is 23.1 Å². The molecule has 0 unspecified atom stereocenters. The molecule has 2 atom stereocenters. The van der Waals surface area contributed by atoms with Gasteiger partial charge in [0.1, 0.15) is 12.1 Å². The van der Waals surface area contributed by atoms with Gasteiger partial charge >= 0.3 is 12.1 Å². The summed E-state index contributed by atoms with van der Waals surface area (Å²) in [4.78, 5) is 51.0. The standard InChI is InChI=1S/C27H38Cl2N4O9S/c1-41-14-9-30-27(38)42-13-8-18-6-11-32(12-7-18)24(34)5-4-22(26(36)37)31-25(35)23-3-2-10-33(23)43(39,40)21-16-19(28)15-20(29)17-21/h15-18,22-23H,2-14H2,1H3,(H,30,38)(H,31,35)(H,36,37)/t22-,23+/m0/s1. The Morgan fingerprint density at radius 1 is 1.05 bits per heavy atom. The molecular formula is C27H38Cl2N4O9S.